The molecule has 0 radical (unpaired) electrons. The van der Waals surface area contributed by atoms with Gasteiger partial charge in [0.05, 0.1) is 17.9 Å². The van der Waals surface area contributed by atoms with Crippen molar-refractivity contribution in [3.05, 3.63) is 24.0 Å². The standard InChI is InChI=1S/C17H28FN5O4S/c1-12-10-23(11-13(2)27-12)16-6-5-14(9-15(16)18)21-17(24)19-7-8-20-28(25,26)22(3)4/h5-6,9,12-13,20H,7-8,10-11H2,1-4H3,(H2,19,21,24)/t12-,13-/m1/s1. The molecule has 2 amide bonds. The Morgan fingerprint density at radius 3 is 2.46 bits per heavy atom. The number of carbonyl (C=O) groups is 1. The highest BCUT2D eigenvalue weighted by Crippen LogP contribution is 2.26. The van der Waals surface area contributed by atoms with Gasteiger partial charge in [-0.25, -0.2) is 13.9 Å². The summed E-state index contributed by atoms with van der Waals surface area (Å²) in [7, 11) is -0.732. The van der Waals surface area contributed by atoms with E-state index in [-0.39, 0.29) is 25.3 Å². The van der Waals surface area contributed by atoms with E-state index in [4.69, 9.17) is 4.74 Å². The summed E-state index contributed by atoms with van der Waals surface area (Å²) in [6.45, 7) is 5.20. The molecule has 28 heavy (non-hydrogen) atoms. The van der Waals surface area contributed by atoms with Crippen molar-refractivity contribution in [2.45, 2.75) is 26.1 Å². The zero-order valence-corrected chi connectivity index (χ0v) is 17.3. The predicted molar refractivity (Wildman–Crippen MR) is 106 cm³/mol. The van der Waals surface area contributed by atoms with Crippen molar-refractivity contribution in [3.8, 4) is 0 Å². The molecule has 2 atom stereocenters. The minimum atomic E-state index is -3.54. The first kappa shape index (κ1) is 22.3. The van der Waals surface area contributed by atoms with Gasteiger partial charge in [0.15, 0.2) is 0 Å². The summed E-state index contributed by atoms with van der Waals surface area (Å²) in [5.41, 5.74) is 0.771. The van der Waals surface area contributed by atoms with Crippen LogP contribution in [-0.2, 0) is 14.9 Å². The number of rotatable bonds is 7. The molecule has 0 spiro atoms. The number of anilines is 2. The first-order valence-electron chi connectivity index (χ1n) is 9.00. The molecular formula is C17H28FN5O4S. The summed E-state index contributed by atoms with van der Waals surface area (Å²) in [6, 6.07) is 3.96. The van der Waals surface area contributed by atoms with E-state index in [0.717, 1.165) is 4.31 Å². The maximum absolute atomic E-state index is 14.5. The molecule has 0 aliphatic carbocycles. The highest BCUT2D eigenvalue weighted by atomic mass is 32.2. The van der Waals surface area contributed by atoms with Crippen molar-refractivity contribution in [2.24, 2.45) is 0 Å². The average molecular weight is 418 g/mol. The van der Waals surface area contributed by atoms with Gasteiger partial charge in [0.25, 0.3) is 10.2 Å². The van der Waals surface area contributed by atoms with Crippen LogP contribution in [0.3, 0.4) is 0 Å². The Balaban J connectivity index is 1.86. The zero-order valence-electron chi connectivity index (χ0n) is 16.5. The molecule has 0 saturated carbocycles. The molecule has 3 N–H and O–H groups in total. The normalized spacial score (nSPS) is 20.3. The third-order valence-corrected chi connectivity index (χ3v) is 5.67. The first-order valence-corrected chi connectivity index (χ1v) is 10.4. The van der Waals surface area contributed by atoms with Crippen molar-refractivity contribution >= 4 is 27.6 Å². The molecule has 0 bridgehead atoms. The number of hydrogen-bond donors (Lipinski definition) is 3. The Morgan fingerprint density at radius 1 is 1.25 bits per heavy atom. The summed E-state index contributed by atoms with van der Waals surface area (Å²) in [5.74, 6) is -0.433. The van der Waals surface area contributed by atoms with E-state index in [1.54, 1.807) is 12.1 Å². The number of amides is 2. The van der Waals surface area contributed by atoms with Crippen LogP contribution in [0, 0.1) is 5.82 Å². The smallest absolute Gasteiger partial charge is 0.319 e. The second-order valence-electron chi connectivity index (χ2n) is 6.89. The summed E-state index contributed by atoms with van der Waals surface area (Å²) < 4.78 is 46.6. The van der Waals surface area contributed by atoms with Gasteiger partial charge in [-0.3, -0.25) is 0 Å². The Bertz CT molecular complexity index is 780. The number of benzene rings is 1. The summed E-state index contributed by atoms with van der Waals surface area (Å²) in [5, 5.41) is 5.04. The maximum atomic E-state index is 14.5. The van der Waals surface area contributed by atoms with Crippen LogP contribution in [0.5, 0.6) is 0 Å². The fourth-order valence-electron chi connectivity index (χ4n) is 2.88. The van der Waals surface area contributed by atoms with Crippen molar-refractivity contribution in [1.29, 1.82) is 0 Å². The number of halogens is 1. The lowest BCUT2D eigenvalue weighted by Crippen LogP contribution is -2.45. The van der Waals surface area contributed by atoms with Crippen molar-refractivity contribution < 1.29 is 22.3 Å². The average Bonchev–Trinajstić information content (AvgIpc) is 2.58. The van der Waals surface area contributed by atoms with Gasteiger partial charge < -0.3 is 20.3 Å². The quantitative estimate of drug-likeness (QED) is 0.574. The number of urea groups is 1. The predicted octanol–water partition coefficient (Wildman–Crippen LogP) is 0.957. The van der Waals surface area contributed by atoms with Crippen LogP contribution in [0.2, 0.25) is 0 Å². The van der Waals surface area contributed by atoms with Crippen LogP contribution in [0.4, 0.5) is 20.6 Å². The molecule has 1 aromatic rings. The molecule has 158 valence electrons. The van der Waals surface area contributed by atoms with Gasteiger partial charge in [0.2, 0.25) is 0 Å². The van der Waals surface area contributed by atoms with Crippen molar-refractivity contribution in [3.63, 3.8) is 0 Å². The van der Waals surface area contributed by atoms with E-state index < -0.39 is 22.1 Å². The minimum absolute atomic E-state index is 0.0108. The Kier molecular flexibility index (Phi) is 7.58. The molecule has 9 nitrogen and oxygen atoms in total. The van der Waals surface area contributed by atoms with Gasteiger partial charge in [0, 0.05) is 46.0 Å². The SMILES string of the molecule is C[C@@H]1CN(c2ccc(NC(=O)NCCNS(=O)(=O)N(C)C)cc2F)C[C@@H](C)O1. The fraction of sp³-hybridized carbons (Fsp3) is 0.588. The molecule has 2 rings (SSSR count). The van der Waals surface area contributed by atoms with Gasteiger partial charge in [-0.1, -0.05) is 0 Å². The number of hydrogen-bond acceptors (Lipinski definition) is 5. The molecule has 1 heterocycles. The van der Waals surface area contributed by atoms with Crippen LogP contribution in [-0.4, -0.2) is 71.2 Å². The van der Waals surface area contributed by atoms with Crippen LogP contribution in [0.15, 0.2) is 18.2 Å². The topological polar surface area (TPSA) is 103 Å². The van der Waals surface area contributed by atoms with E-state index in [1.807, 2.05) is 18.7 Å². The molecule has 1 aromatic carbocycles. The maximum Gasteiger partial charge on any atom is 0.319 e. The molecule has 1 aliphatic rings. The molecule has 0 aromatic heterocycles. The molecular weight excluding hydrogens is 389 g/mol. The Labute approximate surface area is 165 Å². The van der Waals surface area contributed by atoms with E-state index in [0.29, 0.717) is 24.5 Å². The molecule has 1 aliphatic heterocycles. The van der Waals surface area contributed by atoms with Crippen LogP contribution in [0.25, 0.3) is 0 Å². The van der Waals surface area contributed by atoms with Gasteiger partial charge in [0.1, 0.15) is 5.82 Å². The van der Waals surface area contributed by atoms with Crippen molar-refractivity contribution in [2.75, 3.05) is 50.5 Å². The van der Waals surface area contributed by atoms with Gasteiger partial charge in [-0.05, 0) is 32.0 Å². The first-order chi connectivity index (χ1) is 13.1. The molecule has 1 fully saturated rings. The molecule has 11 heteroatoms. The lowest BCUT2D eigenvalue weighted by Gasteiger charge is -2.37. The number of ether oxygens (including phenoxy) is 1. The summed E-state index contributed by atoms with van der Waals surface area (Å²) >= 11 is 0. The number of nitrogens with one attached hydrogen (secondary N) is 3. The van der Waals surface area contributed by atoms with E-state index in [1.165, 1.54) is 20.2 Å². The Hall–Kier alpha value is -1.95. The van der Waals surface area contributed by atoms with E-state index >= 15 is 0 Å². The largest absolute Gasteiger partial charge is 0.372 e. The van der Waals surface area contributed by atoms with Gasteiger partial charge in [-0.15, -0.1) is 0 Å². The zero-order chi connectivity index (χ0) is 20.9. The Morgan fingerprint density at radius 2 is 1.89 bits per heavy atom. The summed E-state index contributed by atoms with van der Waals surface area (Å²) in [4.78, 5) is 13.8. The second-order valence-corrected chi connectivity index (χ2v) is 8.86. The highest BCUT2D eigenvalue weighted by Gasteiger charge is 2.24. The van der Waals surface area contributed by atoms with Gasteiger partial charge >= 0.3 is 6.03 Å². The number of nitrogens with zero attached hydrogens (tertiary/aromatic N) is 2. The van der Waals surface area contributed by atoms with E-state index in [2.05, 4.69) is 15.4 Å². The lowest BCUT2D eigenvalue weighted by molar-refractivity contribution is -0.00539. The van der Waals surface area contributed by atoms with E-state index in [9.17, 15) is 17.6 Å². The molecule has 0 unspecified atom stereocenters. The van der Waals surface area contributed by atoms with Crippen LogP contribution < -0.4 is 20.3 Å². The van der Waals surface area contributed by atoms with Crippen LogP contribution in [0.1, 0.15) is 13.8 Å². The fourth-order valence-corrected chi connectivity index (χ4v) is 3.49. The second kappa shape index (κ2) is 9.50. The van der Waals surface area contributed by atoms with Crippen LogP contribution >= 0.6 is 0 Å². The summed E-state index contributed by atoms with van der Waals surface area (Å²) in [6.07, 6.45) is 0.0216. The minimum Gasteiger partial charge on any atom is -0.372 e. The lowest BCUT2D eigenvalue weighted by atomic mass is 10.2. The van der Waals surface area contributed by atoms with Crippen molar-refractivity contribution in [1.82, 2.24) is 14.3 Å². The third kappa shape index (κ3) is 6.30. The third-order valence-electron chi connectivity index (χ3n) is 4.14. The monoisotopic (exact) mass is 417 g/mol. The van der Waals surface area contributed by atoms with Gasteiger partial charge in [-0.2, -0.15) is 12.7 Å². The number of morpholine rings is 1. The number of carbonyl (C=O) groups excluding carboxylic acids is 1. The highest BCUT2D eigenvalue weighted by molar-refractivity contribution is 7.87. The molecule has 1 saturated heterocycles.